The molecule has 5 nitrogen and oxygen atoms in total. The zero-order chi connectivity index (χ0) is 32.2. The van der Waals surface area contributed by atoms with Crippen molar-refractivity contribution in [2.75, 3.05) is 13.2 Å². The molecule has 1 unspecified atom stereocenters. The number of aliphatic hydroxyl groups excluding tert-OH is 1. The van der Waals surface area contributed by atoms with E-state index in [0.29, 0.717) is 12.8 Å². The van der Waals surface area contributed by atoms with Gasteiger partial charge in [-0.2, -0.15) is 0 Å². The molecule has 0 saturated carbocycles. The summed E-state index contributed by atoms with van der Waals surface area (Å²) in [4.78, 5) is 24.1. The minimum atomic E-state index is -0.774. The van der Waals surface area contributed by atoms with Gasteiger partial charge in [0.2, 0.25) is 0 Å². The van der Waals surface area contributed by atoms with E-state index < -0.39 is 6.10 Å². The molecule has 1 N–H and O–H groups in total. The maximum absolute atomic E-state index is 12.1. The van der Waals surface area contributed by atoms with E-state index in [1.807, 2.05) is 0 Å². The van der Waals surface area contributed by atoms with Crippen LogP contribution < -0.4 is 0 Å². The molecule has 0 aliphatic rings. The summed E-state index contributed by atoms with van der Waals surface area (Å²) < 4.78 is 10.6. The Morgan fingerprint density at radius 3 is 1.43 bits per heavy atom. The maximum atomic E-state index is 12.1. The predicted molar refractivity (Wildman–Crippen MR) is 187 cm³/mol. The van der Waals surface area contributed by atoms with Crippen molar-refractivity contribution >= 4 is 11.9 Å². The normalized spacial score (nSPS) is 12.5. The first kappa shape index (κ1) is 42.1. The van der Waals surface area contributed by atoms with Gasteiger partial charge in [-0.1, -0.05) is 140 Å². The van der Waals surface area contributed by atoms with Crippen LogP contribution in [0.2, 0.25) is 0 Å². The number of aliphatic hydroxyl groups is 1. The number of carbonyl (C=O) groups excluding carboxylic acids is 2. The Morgan fingerprint density at radius 2 is 0.932 bits per heavy atom. The molecule has 0 aromatic heterocycles. The summed E-state index contributed by atoms with van der Waals surface area (Å²) >= 11 is 0. The van der Waals surface area contributed by atoms with Crippen LogP contribution in [-0.2, 0) is 19.1 Å². The van der Waals surface area contributed by atoms with Gasteiger partial charge in [-0.25, -0.2) is 0 Å². The van der Waals surface area contributed by atoms with Crippen LogP contribution in [0.5, 0.6) is 0 Å². The van der Waals surface area contributed by atoms with Crippen molar-refractivity contribution in [1.82, 2.24) is 0 Å². The monoisotopic (exact) mass is 619 g/mol. The van der Waals surface area contributed by atoms with Gasteiger partial charge in [0.15, 0.2) is 6.10 Å². The van der Waals surface area contributed by atoms with Crippen molar-refractivity contribution in [2.45, 2.75) is 187 Å². The SMILES string of the molecule is CCCC/C=C\CCCCCCCC(=O)OCC(CO)OC(=O)CCCCCCCCCCC/C=C\C/C=C\CCCCC. The number of ether oxygens (including phenoxy) is 2. The molecule has 0 aromatic rings. The lowest BCUT2D eigenvalue weighted by Gasteiger charge is -2.15. The Balaban J connectivity index is 3.56. The minimum absolute atomic E-state index is 0.0712. The van der Waals surface area contributed by atoms with Gasteiger partial charge in [-0.15, -0.1) is 0 Å². The fourth-order valence-electron chi connectivity index (χ4n) is 5.03. The molecule has 0 radical (unpaired) electrons. The summed E-state index contributed by atoms with van der Waals surface area (Å²) in [6, 6.07) is 0. The van der Waals surface area contributed by atoms with Gasteiger partial charge in [0.05, 0.1) is 6.61 Å². The van der Waals surface area contributed by atoms with Crippen molar-refractivity contribution in [1.29, 1.82) is 0 Å². The van der Waals surface area contributed by atoms with E-state index in [4.69, 9.17) is 9.47 Å². The zero-order valence-electron chi connectivity index (χ0n) is 28.9. The highest BCUT2D eigenvalue weighted by Crippen LogP contribution is 2.13. The van der Waals surface area contributed by atoms with Gasteiger partial charge in [-0.05, 0) is 64.2 Å². The molecule has 0 bridgehead atoms. The van der Waals surface area contributed by atoms with Crippen LogP contribution in [0.3, 0.4) is 0 Å². The van der Waals surface area contributed by atoms with Crippen LogP contribution in [0.4, 0.5) is 0 Å². The Bertz CT molecular complexity index is 711. The van der Waals surface area contributed by atoms with Crippen LogP contribution in [0.1, 0.15) is 181 Å². The second-order valence-corrected chi connectivity index (χ2v) is 12.3. The third kappa shape index (κ3) is 33.0. The van der Waals surface area contributed by atoms with E-state index in [2.05, 4.69) is 50.3 Å². The molecule has 44 heavy (non-hydrogen) atoms. The van der Waals surface area contributed by atoms with Gasteiger partial charge in [0.1, 0.15) is 6.61 Å². The maximum Gasteiger partial charge on any atom is 0.306 e. The molecule has 0 aromatic carbocycles. The molecule has 0 spiro atoms. The van der Waals surface area contributed by atoms with Gasteiger partial charge < -0.3 is 14.6 Å². The van der Waals surface area contributed by atoms with Crippen molar-refractivity contribution in [3.8, 4) is 0 Å². The lowest BCUT2D eigenvalue weighted by molar-refractivity contribution is -0.161. The Kier molecular flexibility index (Phi) is 34.1. The number of hydrogen-bond donors (Lipinski definition) is 1. The first-order chi connectivity index (χ1) is 21.6. The molecular weight excluding hydrogens is 548 g/mol. The quantitative estimate of drug-likeness (QED) is 0.0450. The number of esters is 2. The van der Waals surface area contributed by atoms with Gasteiger partial charge in [-0.3, -0.25) is 9.59 Å². The zero-order valence-corrected chi connectivity index (χ0v) is 28.9. The summed E-state index contributed by atoms with van der Waals surface area (Å²) in [5, 5.41) is 9.52. The van der Waals surface area contributed by atoms with Gasteiger partial charge in [0, 0.05) is 12.8 Å². The molecule has 0 heterocycles. The molecule has 0 aliphatic heterocycles. The van der Waals surface area contributed by atoms with E-state index in [-0.39, 0.29) is 25.2 Å². The van der Waals surface area contributed by atoms with Crippen molar-refractivity contribution in [2.24, 2.45) is 0 Å². The molecule has 0 rings (SSSR count). The standard InChI is InChI=1S/C39H70O5/c1-3-5-7-9-11-13-15-16-17-18-19-20-21-22-24-26-28-30-32-34-39(42)44-37(35-40)36-43-38(41)33-31-29-27-25-23-14-12-10-8-6-4-2/h10-13,16-17,37,40H,3-9,14-15,18-36H2,1-2H3/b12-10-,13-11-,17-16-. The first-order valence-electron chi connectivity index (χ1n) is 18.5. The molecule has 5 heteroatoms. The summed E-state index contributed by atoms with van der Waals surface area (Å²) in [7, 11) is 0. The number of rotatable bonds is 33. The predicted octanol–water partition coefficient (Wildman–Crippen LogP) is 11.3. The largest absolute Gasteiger partial charge is 0.462 e. The van der Waals surface area contributed by atoms with E-state index in [1.165, 1.54) is 103 Å². The third-order valence-electron chi connectivity index (χ3n) is 7.91. The highest BCUT2D eigenvalue weighted by molar-refractivity contribution is 5.70. The molecule has 0 aliphatic carbocycles. The van der Waals surface area contributed by atoms with Crippen LogP contribution >= 0.6 is 0 Å². The number of unbranched alkanes of at least 4 members (excludes halogenated alkanes) is 19. The lowest BCUT2D eigenvalue weighted by Crippen LogP contribution is -2.28. The second-order valence-electron chi connectivity index (χ2n) is 12.3. The van der Waals surface area contributed by atoms with Crippen molar-refractivity contribution < 1.29 is 24.2 Å². The third-order valence-corrected chi connectivity index (χ3v) is 7.91. The van der Waals surface area contributed by atoms with Crippen LogP contribution in [0.25, 0.3) is 0 Å². The molecule has 0 saturated heterocycles. The van der Waals surface area contributed by atoms with Gasteiger partial charge >= 0.3 is 11.9 Å². The average Bonchev–Trinajstić information content (AvgIpc) is 3.02. The van der Waals surface area contributed by atoms with Crippen LogP contribution in [0, 0.1) is 0 Å². The number of allylic oxidation sites excluding steroid dienone is 6. The molecular formula is C39H70O5. The fourth-order valence-corrected chi connectivity index (χ4v) is 5.03. The average molecular weight is 619 g/mol. The van der Waals surface area contributed by atoms with E-state index in [9.17, 15) is 14.7 Å². The van der Waals surface area contributed by atoms with E-state index in [0.717, 1.165) is 51.4 Å². The Morgan fingerprint density at radius 1 is 0.523 bits per heavy atom. The highest BCUT2D eigenvalue weighted by Gasteiger charge is 2.16. The van der Waals surface area contributed by atoms with E-state index >= 15 is 0 Å². The Hall–Kier alpha value is -1.88. The van der Waals surface area contributed by atoms with Gasteiger partial charge in [0.25, 0.3) is 0 Å². The molecule has 256 valence electrons. The summed E-state index contributed by atoms with van der Waals surface area (Å²) in [6.07, 6.45) is 42.0. The van der Waals surface area contributed by atoms with Crippen LogP contribution in [0.15, 0.2) is 36.5 Å². The fraction of sp³-hybridized carbons (Fsp3) is 0.795. The van der Waals surface area contributed by atoms with Crippen molar-refractivity contribution in [3.05, 3.63) is 36.5 Å². The summed E-state index contributed by atoms with van der Waals surface area (Å²) in [6.45, 7) is 4.05. The number of hydrogen-bond acceptors (Lipinski definition) is 5. The summed E-state index contributed by atoms with van der Waals surface area (Å²) in [5.74, 6) is -0.607. The second kappa shape index (κ2) is 35.6. The van der Waals surface area contributed by atoms with Crippen LogP contribution in [-0.4, -0.2) is 36.4 Å². The highest BCUT2D eigenvalue weighted by atomic mass is 16.6. The molecule has 0 amide bonds. The topological polar surface area (TPSA) is 72.8 Å². The molecule has 1 atom stereocenters. The lowest BCUT2D eigenvalue weighted by atomic mass is 10.1. The summed E-state index contributed by atoms with van der Waals surface area (Å²) in [5.41, 5.74) is 0. The van der Waals surface area contributed by atoms with E-state index in [1.54, 1.807) is 0 Å². The minimum Gasteiger partial charge on any atom is -0.462 e. The number of carbonyl (C=O) groups is 2. The van der Waals surface area contributed by atoms with Crippen molar-refractivity contribution in [3.63, 3.8) is 0 Å². The Labute approximate surface area is 272 Å². The first-order valence-corrected chi connectivity index (χ1v) is 18.5. The smallest absolute Gasteiger partial charge is 0.306 e. The molecule has 0 fully saturated rings.